The van der Waals surface area contributed by atoms with E-state index >= 15 is 0 Å². The number of rotatable bonds is 5. The average molecular weight is 336 g/mol. The Morgan fingerprint density at radius 3 is 2.71 bits per heavy atom. The van der Waals surface area contributed by atoms with Gasteiger partial charge in [-0.3, -0.25) is 0 Å². The van der Waals surface area contributed by atoms with Gasteiger partial charge in [0.2, 0.25) is 0 Å². The summed E-state index contributed by atoms with van der Waals surface area (Å²) in [6.45, 7) is 9.54. The Morgan fingerprint density at radius 2 is 2.12 bits per heavy atom. The van der Waals surface area contributed by atoms with Crippen molar-refractivity contribution in [1.82, 2.24) is 10.2 Å². The van der Waals surface area contributed by atoms with Crippen LogP contribution in [0, 0.1) is 12.7 Å². The first-order valence-corrected chi connectivity index (χ1v) is 8.08. The zero-order chi connectivity index (χ0) is 18.1. The van der Waals surface area contributed by atoms with Crippen molar-refractivity contribution in [3.63, 3.8) is 0 Å². The van der Waals surface area contributed by atoms with Gasteiger partial charge < -0.3 is 19.7 Å². The van der Waals surface area contributed by atoms with Crippen LogP contribution >= 0.6 is 0 Å². The van der Waals surface area contributed by atoms with E-state index < -0.39 is 5.60 Å². The molecule has 0 saturated heterocycles. The number of nitrogens with zero attached hydrogens (tertiary/aromatic N) is 1. The third-order valence-corrected chi connectivity index (χ3v) is 3.92. The summed E-state index contributed by atoms with van der Waals surface area (Å²) in [6, 6.07) is 3.71. The molecule has 1 atom stereocenters. The molecule has 0 saturated carbocycles. The van der Waals surface area contributed by atoms with Gasteiger partial charge in [0.05, 0.1) is 18.2 Å². The molecule has 6 heteroatoms. The number of benzene rings is 1. The molecule has 0 bridgehead atoms. The van der Waals surface area contributed by atoms with Crippen LogP contribution in [0.1, 0.15) is 45.1 Å². The SMILES string of the molecule is CCN(CC(C)(C)O)C(=O)NC(C)c1oc2ccc(F)cc2c1C. The molecule has 1 aromatic carbocycles. The number of hydrogen-bond acceptors (Lipinski definition) is 3. The lowest BCUT2D eigenvalue weighted by molar-refractivity contribution is 0.0475. The van der Waals surface area contributed by atoms with E-state index in [-0.39, 0.29) is 24.4 Å². The van der Waals surface area contributed by atoms with Crippen molar-refractivity contribution < 1.29 is 18.7 Å². The van der Waals surface area contributed by atoms with E-state index in [1.165, 1.54) is 17.0 Å². The number of halogens is 1. The van der Waals surface area contributed by atoms with E-state index in [2.05, 4.69) is 5.32 Å². The Balaban J connectivity index is 2.18. The zero-order valence-corrected chi connectivity index (χ0v) is 14.8. The number of aryl methyl sites for hydroxylation is 1. The number of nitrogens with one attached hydrogen (secondary N) is 1. The quantitative estimate of drug-likeness (QED) is 0.874. The molecule has 1 unspecified atom stereocenters. The normalized spacial score (nSPS) is 13.1. The van der Waals surface area contributed by atoms with Crippen molar-refractivity contribution in [2.45, 2.75) is 46.3 Å². The molecule has 24 heavy (non-hydrogen) atoms. The van der Waals surface area contributed by atoms with E-state index in [4.69, 9.17) is 4.42 Å². The van der Waals surface area contributed by atoms with Crippen LogP contribution in [0.2, 0.25) is 0 Å². The maximum Gasteiger partial charge on any atom is 0.318 e. The minimum Gasteiger partial charge on any atom is -0.459 e. The number of aliphatic hydroxyl groups is 1. The average Bonchev–Trinajstić information content (AvgIpc) is 2.80. The number of hydrogen-bond donors (Lipinski definition) is 2. The molecular formula is C18H25FN2O3. The molecule has 132 valence electrons. The van der Waals surface area contributed by atoms with Crippen LogP contribution in [0.5, 0.6) is 0 Å². The van der Waals surface area contributed by atoms with Crippen LogP contribution in [0.4, 0.5) is 9.18 Å². The third-order valence-electron chi connectivity index (χ3n) is 3.92. The molecular weight excluding hydrogens is 311 g/mol. The van der Waals surface area contributed by atoms with Crippen molar-refractivity contribution >= 4 is 17.0 Å². The fraction of sp³-hybridized carbons (Fsp3) is 0.500. The van der Waals surface area contributed by atoms with Gasteiger partial charge in [0.1, 0.15) is 17.2 Å². The van der Waals surface area contributed by atoms with Gasteiger partial charge in [-0.25, -0.2) is 9.18 Å². The van der Waals surface area contributed by atoms with Crippen LogP contribution in [0.15, 0.2) is 22.6 Å². The highest BCUT2D eigenvalue weighted by Gasteiger charge is 2.24. The summed E-state index contributed by atoms with van der Waals surface area (Å²) in [5.74, 6) is 0.278. The van der Waals surface area contributed by atoms with Crippen molar-refractivity contribution in [3.8, 4) is 0 Å². The Bertz CT molecular complexity index is 734. The molecule has 2 amide bonds. The number of carbonyl (C=O) groups excluding carboxylic acids is 1. The van der Waals surface area contributed by atoms with Gasteiger partial charge in [0, 0.05) is 17.5 Å². The van der Waals surface area contributed by atoms with Gasteiger partial charge in [-0.2, -0.15) is 0 Å². The van der Waals surface area contributed by atoms with Gasteiger partial charge in [-0.15, -0.1) is 0 Å². The number of urea groups is 1. The van der Waals surface area contributed by atoms with E-state index in [9.17, 15) is 14.3 Å². The second-order valence-electron chi connectivity index (χ2n) is 6.73. The lowest BCUT2D eigenvalue weighted by atomic mass is 10.1. The number of likely N-dealkylation sites (N-methyl/N-ethyl adjacent to an activating group) is 1. The third kappa shape index (κ3) is 4.06. The molecule has 2 rings (SSSR count). The van der Waals surface area contributed by atoms with E-state index in [0.29, 0.717) is 23.3 Å². The second-order valence-corrected chi connectivity index (χ2v) is 6.73. The molecule has 2 aromatic rings. The molecule has 1 heterocycles. The minimum atomic E-state index is -0.969. The predicted octanol–water partition coefficient (Wildman–Crippen LogP) is 3.74. The molecule has 0 radical (unpaired) electrons. The Hall–Kier alpha value is -2.08. The first-order valence-electron chi connectivity index (χ1n) is 8.08. The molecule has 1 aromatic heterocycles. The highest BCUT2D eigenvalue weighted by atomic mass is 19.1. The van der Waals surface area contributed by atoms with Crippen LogP contribution in [-0.2, 0) is 0 Å². The molecule has 0 aliphatic carbocycles. The Labute approximate surface area is 141 Å². The Kier molecular flexibility index (Phi) is 5.18. The Morgan fingerprint density at radius 1 is 1.46 bits per heavy atom. The lowest BCUT2D eigenvalue weighted by Crippen LogP contribution is -2.47. The zero-order valence-electron chi connectivity index (χ0n) is 14.8. The summed E-state index contributed by atoms with van der Waals surface area (Å²) in [5.41, 5.74) is 0.431. The summed E-state index contributed by atoms with van der Waals surface area (Å²) in [6.07, 6.45) is 0. The predicted molar refractivity (Wildman–Crippen MR) is 91.4 cm³/mol. The number of fused-ring (bicyclic) bond motifs is 1. The molecule has 0 aliphatic rings. The van der Waals surface area contributed by atoms with Gasteiger partial charge in [-0.05, 0) is 52.8 Å². The summed E-state index contributed by atoms with van der Waals surface area (Å²) >= 11 is 0. The lowest BCUT2D eigenvalue weighted by Gasteiger charge is -2.29. The number of furan rings is 1. The molecule has 0 fully saturated rings. The van der Waals surface area contributed by atoms with Crippen LogP contribution in [0.25, 0.3) is 11.0 Å². The van der Waals surface area contributed by atoms with Crippen molar-refractivity contribution in [2.24, 2.45) is 0 Å². The van der Waals surface area contributed by atoms with Crippen LogP contribution in [-0.4, -0.2) is 34.7 Å². The largest absolute Gasteiger partial charge is 0.459 e. The minimum absolute atomic E-state index is 0.229. The summed E-state index contributed by atoms with van der Waals surface area (Å²) in [5, 5.41) is 13.5. The highest BCUT2D eigenvalue weighted by Crippen LogP contribution is 2.30. The standard InChI is InChI=1S/C18H25FN2O3/c1-6-21(10-18(4,5)23)17(22)20-12(3)16-11(2)14-9-13(19)7-8-15(14)24-16/h7-9,12,23H,6,10H2,1-5H3,(H,20,22). The van der Waals surface area contributed by atoms with Crippen molar-refractivity contribution in [1.29, 1.82) is 0 Å². The fourth-order valence-electron chi connectivity index (χ4n) is 2.76. The molecule has 0 aliphatic heterocycles. The first-order chi connectivity index (χ1) is 11.1. The topological polar surface area (TPSA) is 65.7 Å². The van der Waals surface area contributed by atoms with Crippen LogP contribution in [0.3, 0.4) is 0 Å². The number of amides is 2. The van der Waals surface area contributed by atoms with Crippen LogP contribution < -0.4 is 5.32 Å². The first kappa shape index (κ1) is 18.3. The molecule has 0 spiro atoms. The second kappa shape index (κ2) is 6.81. The smallest absolute Gasteiger partial charge is 0.318 e. The fourth-order valence-corrected chi connectivity index (χ4v) is 2.76. The maximum absolute atomic E-state index is 13.4. The summed E-state index contributed by atoms with van der Waals surface area (Å²) < 4.78 is 19.2. The van der Waals surface area contributed by atoms with Crippen molar-refractivity contribution in [2.75, 3.05) is 13.1 Å². The van der Waals surface area contributed by atoms with E-state index in [0.717, 1.165) is 5.56 Å². The van der Waals surface area contributed by atoms with Gasteiger partial charge in [-0.1, -0.05) is 0 Å². The van der Waals surface area contributed by atoms with E-state index in [1.807, 2.05) is 20.8 Å². The highest BCUT2D eigenvalue weighted by molar-refractivity contribution is 5.82. The monoisotopic (exact) mass is 336 g/mol. The van der Waals surface area contributed by atoms with Crippen molar-refractivity contribution in [3.05, 3.63) is 35.3 Å². The van der Waals surface area contributed by atoms with Gasteiger partial charge in [0.15, 0.2) is 0 Å². The summed E-state index contributed by atoms with van der Waals surface area (Å²) in [7, 11) is 0. The molecule has 2 N–H and O–H groups in total. The maximum atomic E-state index is 13.4. The number of carbonyl (C=O) groups is 1. The molecule has 5 nitrogen and oxygen atoms in total. The van der Waals surface area contributed by atoms with Gasteiger partial charge in [0.25, 0.3) is 0 Å². The van der Waals surface area contributed by atoms with E-state index in [1.54, 1.807) is 19.9 Å². The van der Waals surface area contributed by atoms with Gasteiger partial charge >= 0.3 is 6.03 Å². The summed E-state index contributed by atoms with van der Waals surface area (Å²) in [4.78, 5) is 14.0.